The van der Waals surface area contributed by atoms with Crippen molar-refractivity contribution < 1.29 is 14.3 Å². The summed E-state index contributed by atoms with van der Waals surface area (Å²) in [6, 6.07) is 0.853. The van der Waals surface area contributed by atoms with Crippen molar-refractivity contribution in [2.45, 2.75) is 6.92 Å². The zero-order valence-corrected chi connectivity index (χ0v) is 8.08. The fourth-order valence-electron chi connectivity index (χ4n) is 0.854. The Morgan fingerprint density at radius 3 is 2.46 bits per heavy atom. The van der Waals surface area contributed by atoms with Crippen molar-refractivity contribution in [3.63, 3.8) is 0 Å². The predicted octanol–water partition coefficient (Wildman–Crippen LogP) is 3.04. The normalized spacial score (nSPS) is 10.2. The molecule has 0 aliphatic rings. The summed E-state index contributed by atoms with van der Waals surface area (Å²) in [5.41, 5.74) is -0.174. The molecule has 1 aromatic carbocycles. The minimum Gasteiger partial charge on any atom is -0.506 e. The van der Waals surface area contributed by atoms with Crippen LogP contribution in [0, 0.1) is 5.82 Å². The molecule has 0 unspecified atom stereocenters. The summed E-state index contributed by atoms with van der Waals surface area (Å²) >= 11 is 10.8. The number of hydrogen-bond donors (Lipinski definition) is 1. The average molecular weight is 223 g/mol. The minimum atomic E-state index is -0.824. The molecule has 2 nitrogen and oxygen atoms in total. The molecule has 13 heavy (non-hydrogen) atoms. The Balaban J connectivity index is 3.50. The van der Waals surface area contributed by atoms with E-state index >= 15 is 0 Å². The maximum Gasteiger partial charge on any atom is 0.163 e. The van der Waals surface area contributed by atoms with Crippen LogP contribution < -0.4 is 0 Å². The van der Waals surface area contributed by atoms with Gasteiger partial charge < -0.3 is 5.11 Å². The molecule has 0 fully saturated rings. The number of carbonyl (C=O) groups is 1. The van der Waals surface area contributed by atoms with Crippen molar-refractivity contribution in [1.82, 2.24) is 0 Å². The van der Waals surface area contributed by atoms with Gasteiger partial charge in [-0.25, -0.2) is 4.39 Å². The first-order chi connectivity index (χ1) is 5.95. The lowest BCUT2D eigenvalue weighted by molar-refractivity contribution is 0.101. The summed E-state index contributed by atoms with van der Waals surface area (Å²) in [6.07, 6.45) is 0. The Hall–Kier alpha value is -0.800. The first-order valence-electron chi connectivity index (χ1n) is 3.32. The molecule has 5 heteroatoms. The molecule has 1 rings (SSSR count). The van der Waals surface area contributed by atoms with Gasteiger partial charge >= 0.3 is 0 Å². The maximum absolute atomic E-state index is 12.9. The van der Waals surface area contributed by atoms with Gasteiger partial charge in [-0.2, -0.15) is 0 Å². The van der Waals surface area contributed by atoms with Gasteiger partial charge in [0.05, 0.1) is 10.6 Å². The van der Waals surface area contributed by atoms with Crippen LogP contribution in [-0.2, 0) is 0 Å². The summed E-state index contributed by atoms with van der Waals surface area (Å²) in [6.45, 7) is 1.19. The summed E-state index contributed by atoms with van der Waals surface area (Å²) in [4.78, 5) is 10.9. The highest BCUT2D eigenvalue weighted by Gasteiger charge is 2.17. The molecule has 0 aliphatic carbocycles. The van der Waals surface area contributed by atoms with E-state index in [0.717, 1.165) is 6.07 Å². The molecule has 0 saturated heterocycles. The number of ketones is 1. The second-order valence-corrected chi connectivity index (χ2v) is 3.19. The molecule has 1 aromatic rings. The first kappa shape index (κ1) is 10.3. The van der Waals surface area contributed by atoms with Crippen molar-refractivity contribution >= 4 is 29.0 Å². The standard InChI is InChI=1S/C8H5Cl2FO2/c1-3(12)4-2-5(11)6(9)7(10)8(4)13/h2,13H,1H3. The van der Waals surface area contributed by atoms with E-state index in [2.05, 4.69) is 0 Å². The van der Waals surface area contributed by atoms with Gasteiger partial charge in [0.1, 0.15) is 16.6 Å². The van der Waals surface area contributed by atoms with Crippen molar-refractivity contribution in [2.24, 2.45) is 0 Å². The Morgan fingerprint density at radius 2 is 2.00 bits per heavy atom. The first-order valence-corrected chi connectivity index (χ1v) is 4.08. The second-order valence-electron chi connectivity index (χ2n) is 2.44. The summed E-state index contributed by atoms with van der Waals surface area (Å²) in [5.74, 6) is -1.79. The largest absolute Gasteiger partial charge is 0.506 e. The van der Waals surface area contributed by atoms with Gasteiger partial charge in [0, 0.05) is 0 Å². The molecule has 70 valence electrons. The molecule has 0 radical (unpaired) electrons. The summed E-state index contributed by atoms with van der Waals surface area (Å²) in [7, 11) is 0. The lowest BCUT2D eigenvalue weighted by atomic mass is 10.1. The molecular weight excluding hydrogens is 218 g/mol. The lowest BCUT2D eigenvalue weighted by Crippen LogP contribution is -1.95. The molecule has 0 amide bonds. The van der Waals surface area contributed by atoms with Crippen LogP contribution in [0.2, 0.25) is 10.0 Å². The van der Waals surface area contributed by atoms with Crippen LogP contribution in [0.3, 0.4) is 0 Å². The molecule has 0 saturated carbocycles. The fourth-order valence-corrected chi connectivity index (χ4v) is 1.19. The van der Waals surface area contributed by atoms with Crippen LogP contribution in [0.15, 0.2) is 6.07 Å². The molecule has 0 atom stereocenters. The third kappa shape index (κ3) is 1.76. The van der Waals surface area contributed by atoms with Crippen LogP contribution in [0.4, 0.5) is 4.39 Å². The Morgan fingerprint density at radius 1 is 1.46 bits per heavy atom. The van der Waals surface area contributed by atoms with Gasteiger partial charge in [0.25, 0.3) is 0 Å². The molecule has 0 aliphatic heterocycles. The predicted molar refractivity (Wildman–Crippen MR) is 48.1 cm³/mol. The fraction of sp³-hybridized carbons (Fsp3) is 0.125. The number of phenols is 1. The summed E-state index contributed by atoms with van der Waals surface area (Å²) in [5, 5.41) is 8.54. The van der Waals surface area contributed by atoms with E-state index in [1.54, 1.807) is 0 Å². The number of Topliss-reactive ketones (excluding diaryl/α,β-unsaturated/α-hetero) is 1. The van der Waals surface area contributed by atoms with Gasteiger partial charge in [0.15, 0.2) is 5.78 Å². The summed E-state index contributed by atoms with van der Waals surface area (Å²) < 4.78 is 12.9. The third-order valence-corrected chi connectivity index (χ3v) is 2.35. The van der Waals surface area contributed by atoms with Gasteiger partial charge in [-0.15, -0.1) is 0 Å². The highest BCUT2D eigenvalue weighted by molar-refractivity contribution is 6.43. The highest BCUT2D eigenvalue weighted by Crippen LogP contribution is 2.36. The Kier molecular flexibility index (Phi) is 2.78. The minimum absolute atomic E-state index is 0.174. The van der Waals surface area contributed by atoms with Crippen molar-refractivity contribution in [2.75, 3.05) is 0 Å². The van der Waals surface area contributed by atoms with E-state index in [-0.39, 0.29) is 15.6 Å². The van der Waals surface area contributed by atoms with E-state index in [1.165, 1.54) is 6.92 Å². The monoisotopic (exact) mass is 222 g/mol. The van der Waals surface area contributed by atoms with Crippen molar-refractivity contribution in [3.8, 4) is 5.75 Å². The van der Waals surface area contributed by atoms with Crippen LogP contribution in [0.1, 0.15) is 17.3 Å². The van der Waals surface area contributed by atoms with Crippen LogP contribution >= 0.6 is 23.2 Å². The lowest BCUT2D eigenvalue weighted by Gasteiger charge is -2.05. The Bertz CT molecular complexity index is 377. The molecule has 0 heterocycles. The number of aromatic hydroxyl groups is 1. The number of halogens is 3. The number of hydrogen-bond acceptors (Lipinski definition) is 2. The van der Waals surface area contributed by atoms with E-state index in [0.29, 0.717) is 0 Å². The molecular formula is C8H5Cl2FO2. The van der Waals surface area contributed by atoms with Gasteiger partial charge in [-0.1, -0.05) is 23.2 Å². The molecule has 0 bridgehead atoms. The molecule has 1 N–H and O–H groups in total. The quantitative estimate of drug-likeness (QED) is 0.586. The van der Waals surface area contributed by atoms with E-state index in [9.17, 15) is 14.3 Å². The third-order valence-electron chi connectivity index (χ3n) is 1.52. The number of benzene rings is 1. The second kappa shape index (κ2) is 3.52. The zero-order chi connectivity index (χ0) is 10.2. The number of rotatable bonds is 1. The Labute approximate surface area is 83.9 Å². The van der Waals surface area contributed by atoms with E-state index < -0.39 is 17.3 Å². The molecule has 0 aromatic heterocycles. The van der Waals surface area contributed by atoms with Crippen LogP contribution in [-0.4, -0.2) is 10.9 Å². The van der Waals surface area contributed by atoms with Crippen molar-refractivity contribution in [1.29, 1.82) is 0 Å². The van der Waals surface area contributed by atoms with Crippen LogP contribution in [0.25, 0.3) is 0 Å². The van der Waals surface area contributed by atoms with Crippen molar-refractivity contribution in [3.05, 3.63) is 27.5 Å². The maximum atomic E-state index is 12.9. The van der Waals surface area contributed by atoms with E-state index in [1.807, 2.05) is 0 Å². The highest BCUT2D eigenvalue weighted by atomic mass is 35.5. The van der Waals surface area contributed by atoms with Gasteiger partial charge in [-0.05, 0) is 13.0 Å². The SMILES string of the molecule is CC(=O)c1cc(F)c(Cl)c(Cl)c1O. The molecule has 0 spiro atoms. The topological polar surface area (TPSA) is 37.3 Å². The average Bonchev–Trinajstić information content (AvgIpc) is 2.07. The van der Waals surface area contributed by atoms with Gasteiger partial charge in [0.2, 0.25) is 0 Å². The number of phenolic OH excluding ortho intramolecular Hbond substituents is 1. The van der Waals surface area contributed by atoms with Gasteiger partial charge in [-0.3, -0.25) is 4.79 Å². The smallest absolute Gasteiger partial charge is 0.163 e. The van der Waals surface area contributed by atoms with E-state index in [4.69, 9.17) is 23.2 Å². The number of carbonyl (C=O) groups excluding carboxylic acids is 1. The van der Waals surface area contributed by atoms with Crippen LogP contribution in [0.5, 0.6) is 5.75 Å². The zero-order valence-electron chi connectivity index (χ0n) is 6.57.